The molecule has 3 heteroatoms. The fourth-order valence-electron chi connectivity index (χ4n) is 1.85. The van der Waals surface area contributed by atoms with E-state index in [1.54, 1.807) is 0 Å². The van der Waals surface area contributed by atoms with E-state index in [0.717, 1.165) is 38.2 Å². The predicted molar refractivity (Wildman–Crippen MR) is 72.7 cm³/mol. The first-order chi connectivity index (χ1) is 8.26. The summed E-state index contributed by atoms with van der Waals surface area (Å²) in [7, 11) is 0. The first-order valence-electron chi connectivity index (χ1n) is 6.64. The van der Waals surface area contributed by atoms with Crippen LogP contribution in [0.2, 0.25) is 0 Å². The second kappa shape index (κ2) is 8.20. The van der Waals surface area contributed by atoms with Crippen LogP contribution in [0, 0.1) is 0 Å². The summed E-state index contributed by atoms with van der Waals surface area (Å²) in [5.74, 6) is 0. The van der Waals surface area contributed by atoms with E-state index in [9.17, 15) is 0 Å². The maximum absolute atomic E-state index is 5.92. The fourth-order valence-corrected chi connectivity index (χ4v) is 1.85. The zero-order valence-electron chi connectivity index (χ0n) is 11.1. The molecule has 2 N–H and O–H groups in total. The highest BCUT2D eigenvalue weighted by Crippen LogP contribution is 2.05. The second-order valence-corrected chi connectivity index (χ2v) is 4.50. The quantitative estimate of drug-likeness (QED) is 0.752. The van der Waals surface area contributed by atoms with Crippen molar-refractivity contribution in [1.82, 2.24) is 9.88 Å². The van der Waals surface area contributed by atoms with Gasteiger partial charge >= 0.3 is 0 Å². The molecule has 1 aromatic heterocycles. The highest BCUT2D eigenvalue weighted by atomic mass is 15.1. The Hall–Kier alpha value is -0.930. The number of hydrogen-bond acceptors (Lipinski definition) is 3. The molecule has 0 aliphatic rings. The maximum atomic E-state index is 5.92. The van der Waals surface area contributed by atoms with Crippen LogP contribution in [0.25, 0.3) is 0 Å². The lowest BCUT2D eigenvalue weighted by atomic mass is 10.1. The minimum atomic E-state index is 0.364. The van der Waals surface area contributed by atoms with Gasteiger partial charge in [-0.3, -0.25) is 9.88 Å². The number of rotatable bonds is 8. The molecule has 0 fully saturated rings. The van der Waals surface area contributed by atoms with Crippen LogP contribution in [0.4, 0.5) is 0 Å². The molecule has 1 heterocycles. The number of nitrogens with zero attached hydrogens (tertiary/aromatic N) is 2. The number of pyridine rings is 1. The topological polar surface area (TPSA) is 42.1 Å². The van der Waals surface area contributed by atoms with E-state index in [4.69, 9.17) is 5.73 Å². The Balaban J connectivity index is 2.29. The third kappa shape index (κ3) is 5.80. The smallest absolute Gasteiger partial charge is 0.0543 e. The molecule has 0 aliphatic carbocycles. The van der Waals surface area contributed by atoms with Gasteiger partial charge in [0.2, 0.25) is 0 Å². The standard InChI is InChI=1S/C14H25N3/c1-3-13(15)8-7-11-17(4-2)12-14-9-5-6-10-16-14/h5-6,9-10,13H,3-4,7-8,11-12,15H2,1-2H3. The lowest BCUT2D eigenvalue weighted by Crippen LogP contribution is -2.26. The molecule has 3 nitrogen and oxygen atoms in total. The van der Waals surface area contributed by atoms with Gasteiger partial charge in [0.05, 0.1) is 5.69 Å². The third-order valence-corrected chi connectivity index (χ3v) is 3.13. The van der Waals surface area contributed by atoms with Crippen LogP contribution in [-0.4, -0.2) is 29.0 Å². The summed E-state index contributed by atoms with van der Waals surface area (Å²) in [5, 5.41) is 0. The molecule has 1 rings (SSSR count). The van der Waals surface area contributed by atoms with Gasteiger partial charge in [0.15, 0.2) is 0 Å². The number of hydrogen-bond donors (Lipinski definition) is 1. The molecule has 0 saturated carbocycles. The lowest BCUT2D eigenvalue weighted by Gasteiger charge is -2.20. The van der Waals surface area contributed by atoms with Crippen LogP contribution in [0.15, 0.2) is 24.4 Å². The SMILES string of the molecule is CCC(N)CCCN(CC)Cc1ccccn1. The maximum Gasteiger partial charge on any atom is 0.0543 e. The molecule has 0 aliphatic heterocycles. The first-order valence-corrected chi connectivity index (χ1v) is 6.64. The molecular weight excluding hydrogens is 210 g/mol. The summed E-state index contributed by atoms with van der Waals surface area (Å²) in [6.07, 6.45) is 5.23. The van der Waals surface area contributed by atoms with Crippen molar-refractivity contribution in [3.63, 3.8) is 0 Å². The Bertz CT molecular complexity index is 287. The van der Waals surface area contributed by atoms with E-state index in [0.29, 0.717) is 6.04 Å². The van der Waals surface area contributed by atoms with Crippen molar-refractivity contribution in [2.24, 2.45) is 5.73 Å². The number of aromatic nitrogens is 1. The molecule has 1 unspecified atom stereocenters. The van der Waals surface area contributed by atoms with E-state index in [2.05, 4.69) is 29.8 Å². The van der Waals surface area contributed by atoms with Gasteiger partial charge in [-0.15, -0.1) is 0 Å². The molecular formula is C14H25N3. The van der Waals surface area contributed by atoms with E-state index in [-0.39, 0.29) is 0 Å². The molecule has 17 heavy (non-hydrogen) atoms. The van der Waals surface area contributed by atoms with Crippen LogP contribution < -0.4 is 5.73 Å². The Kier molecular flexibility index (Phi) is 6.82. The molecule has 1 aromatic rings. The summed E-state index contributed by atoms with van der Waals surface area (Å²) in [6, 6.07) is 6.45. The largest absolute Gasteiger partial charge is 0.328 e. The van der Waals surface area contributed by atoms with Gasteiger partial charge in [-0.2, -0.15) is 0 Å². The van der Waals surface area contributed by atoms with Gasteiger partial charge in [0.25, 0.3) is 0 Å². The zero-order chi connectivity index (χ0) is 12.5. The van der Waals surface area contributed by atoms with Crippen LogP contribution in [0.3, 0.4) is 0 Å². The van der Waals surface area contributed by atoms with E-state index in [1.807, 2.05) is 18.3 Å². The molecule has 0 saturated heterocycles. The highest BCUT2D eigenvalue weighted by Gasteiger charge is 2.05. The van der Waals surface area contributed by atoms with Crippen molar-refractivity contribution >= 4 is 0 Å². The van der Waals surface area contributed by atoms with Gasteiger partial charge in [-0.05, 0) is 44.5 Å². The molecule has 0 aromatic carbocycles. The van der Waals surface area contributed by atoms with Gasteiger partial charge in [-0.25, -0.2) is 0 Å². The van der Waals surface area contributed by atoms with Crippen molar-refractivity contribution < 1.29 is 0 Å². The van der Waals surface area contributed by atoms with Gasteiger partial charge < -0.3 is 5.73 Å². The van der Waals surface area contributed by atoms with Crippen molar-refractivity contribution in [2.45, 2.75) is 45.7 Å². The first kappa shape index (κ1) is 14.1. The number of nitrogens with two attached hydrogens (primary N) is 1. The third-order valence-electron chi connectivity index (χ3n) is 3.13. The highest BCUT2D eigenvalue weighted by molar-refractivity contribution is 5.03. The molecule has 1 atom stereocenters. The van der Waals surface area contributed by atoms with Crippen molar-refractivity contribution in [1.29, 1.82) is 0 Å². The van der Waals surface area contributed by atoms with Crippen LogP contribution in [-0.2, 0) is 6.54 Å². The predicted octanol–water partition coefficient (Wildman–Crippen LogP) is 2.42. The summed E-state index contributed by atoms with van der Waals surface area (Å²) < 4.78 is 0. The average molecular weight is 235 g/mol. The second-order valence-electron chi connectivity index (χ2n) is 4.50. The summed E-state index contributed by atoms with van der Waals surface area (Å²) >= 11 is 0. The Morgan fingerprint density at radius 1 is 1.35 bits per heavy atom. The summed E-state index contributed by atoms with van der Waals surface area (Å²) in [5.41, 5.74) is 7.07. The average Bonchev–Trinajstić information content (AvgIpc) is 2.38. The molecule has 0 radical (unpaired) electrons. The van der Waals surface area contributed by atoms with Crippen molar-refractivity contribution in [3.8, 4) is 0 Å². The molecule has 0 spiro atoms. The van der Waals surface area contributed by atoms with Crippen molar-refractivity contribution in [2.75, 3.05) is 13.1 Å². The Morgan fingerprint density at radius 2 is 2.18 bits per heavy atom. The Labute approximate surface area is 105 Å². The van der Waals surface area contributed by atoms with Gasteiger partial charge in [0.1, 0.15) is 0 Å². The van der Waals surface area contributed by atoms with Gasteiger partial charge in [-0.1, -0.05) is 19.9 Å². The van der Waals surface area contributed by atoms with E-state index >= 15 is 0 Å². The Morgan fingerprint density at radius 3 is 2.76 bits per heavy atom. The van der Waals surface area contributed by atoms with Crippen molar-refractivity contribution in [3.05, 3.63) is 30.1 Å². The summed E-state index contributed by atoms with van der Waals surface area (Å²) in [4.78, 5) is 6.78. The van der Waals surface area contributed by atoms with Crippen LogP contribution in [0.1, 0.15) is 38.8 Å². The normalized spacial score (nSPS) is 12.9. The van der Waals surface area contributed by atoms with Crippen LogP contribution >= 0.6 is 0 Å². The van der Waals surface area contributed by atoms with Crippen LogP contribution in [0.5, 0.6) is 0 Å². The lowest BCUT2D eigenvalue weighted by molar-refractivity contribution is 0.267. The minimum absolute atomic E-state index is 0.364. The van der Waals surface area contributed by atoms with E-state index < -0.39 is 0 Å². The monoisotopic (exact) mass is 235 g/mol. The molecule has 96 valence electrons. The minimum Gasteiger partial charge on any atom is -0.328 e. The van der Waals surface area contributed by atoms with Gasteiger partial charge in [0, 0.05) is 18.8 Å². The molecule has 0 bridgehead atoms. The molecule has 0 amide bonds. The fraction of sp³-hybridized carbons (Fsp3) is 0.643. The zero-order valence-corrected chi connectivity index (χ0v) is 11.1. The summed E-state index contributed by atoms with van der Waals surface area (Å²) in [6.45, 7) is 7.47. The van der Waals surface area contributed by atoms with E-state index in [1.165, 1.54) is 6.42 Å².